The Morgan fingerprint density at radius 2 is 2.16 bits per heavy atom. The Balaban J connectivity index is 1.66. The standard InChI is InChI=1S/C18H25N3O3S/c1-12(2)5-6-19-16(22)13-3-4-15-14(11-13)20-17(23)18(25-15)21-7-9-24-10-8-21/h3-4,11-12,18H,5-10H2,1-2H3,(H,19,22)(H,20,23). The number of carbonyl (C=O) groups excluding carboxylic acids is 2. The smallest absolute Gasteiger partial charge is 0.252 e. The number of carbonyl (C=O) groups is 2. The van der Waals surface area contributed by atoms with Crippen molar-refractivity contribution < 1.29 is 14.3 Å². The molecule has 1 fully saturated rings. The Hall–Kier alpha value is -1.57. The summed E-state index contributed by atoms with van der Waals surface area (Å²) in [7, 11) is 0. The van der Waals surface area contributed by atoms with Crippen LogP contribution >= 0.6 is 11.8 Å². The predicted octanol–water partition coefficient (Wildman–Crippen LogP) is 2.17. The SMILES string of the molecule is CC(C)CCNC(=O)c1ccc2c(c1)NC(=O)C(N1CCOCC1)S2. The molecule has 6 nitrogen and oxygen atoms in total. The van der Waals surface area contributed by atoms with E-state index in [1.54, 1.807) is 17.8 Å². The van der Waals surface area contributed by atoms with Crippen molar-refractivity contribution in [1.29, 1.82) is 0 Å². The molecule has 2 N–H and O–H groups in total. The lowest BCUT2D eigenvalue weighted by Gasteiger charge is -2.35. The summed E-state index contributed by atoms with van der Waals surface area (Å²) in [6.07, 6.45) is 0.949. The first-order valence-corrected chi connectivity index (χ1v) is 9.64. The van der Waals surface area contributed by atoms with Gasteiger partial charge in [0, 0.05) is 30.1 Å². The van der Waals surface area contributed by atoms with Crippen LogP contribution in [0, 0.1) is 5.92 Å². The van der Waals surface area contributed by atoms with Crippen LogP contribution < -0.4 is 10.6 Å². The Morgan fingerprint density at radius 1 is 1.40 bits per heavy atom. The first-order valence-electron chi connectivity index (χ1n) is 8.76. The van der Waals surface area contributed by atoms with Gasteiger partial charge in [-0.15, -0.1) is 0 Å². The molecule has 136 valence electrons. The quantitative estimate of drug-likeness (QED) is 0.839. The average Bonchev–Trinajstić information content (AvgIpc) is 2.61. The van der Waals surface area contributed by atoms with Crippen LogP contribution in [0.15, 0.2) is 23.1 Å². The van der Waals surface area contributed by atoms with Crippen LogP contribution in [0.25, 0.3) is 0 Å². The van der Waals surface area contributed by atoms with Crippen molar-refractivity contribution in [3.63, 3.8) is 0 Å². The maximum absolute atomic E-state index is 12.5. The number of fused-ring (bicyclic) bond motifs is 1. The normalized spacial score (nSPS) is 20.9. The molecular formula is C18H25N3O3S. The number of thioether (sulfide) groups is 1. The Labute approximate surface area is 152 Å². The number of benzene rings is 1. The number of anilines is 1. The summed E-state index contributed by atoms with van der Waals surface area (Å²) in [4.78, 5) is 27.9. The van der Waals surface area contributed by atoms with Gasteiger partial charge in [0.1, 0.15) is 5.37 Å². The Morgan fingerprint density at radius 3 is 2.88 bits per heavy atom. The van der Waals surface area contributed by atoms with E-state index in [1.807, 2.05) is 12.1 Å². The number of rotatable bonds is 5. The summed E-state index contributed by atoms with van der Waals surface area (Å²) in [5.74, 6) is 0.423. The fourth-order valence-corrected chi connectivity index (χ4v) is 4.02. The lowest BCUT2D eigenvalue weighted by Crippen LogP contribution is -2.48. The van der Waals surface area contributed by atoms with Gasteiger partial charge in [0.15, 0.2) is 0 Å². The van der Waals surface area contributed by atoms with Gasteiger partial charge in [-0.05, 0) is 30.5 Å². The highest BCUT2D eigenvalue weighted by Crippen LogP contribution is 2.37. The zero-order valence-electron chi connectivity index (χ0n) is 14.7. The summed E-state index contributed by atoms with van der Waals surface area (Å²) in [5.41, 5.74) is 1.30. The fraction of sp³-hybridized carbons (Fsp3) is 0.556. The second kappa shape index (κ2) is 8.21. The molecule has 3 rings (SSSR count). The minimum absolute atomic E-state index is 0.0308. The number of hydrogen-bond acceptors (Lipinski definition) is 5. The van der Waals surface area contributed by atoms with Crippen molar-refractivity contribution in [2.75, 3.05) is 38.2 Å². The highest BCUT2D eigenvalue weighted by atomic mass is 32.2. The Bertz CT molecular complexity index is 644. The fourth-order valence-electron chi connectivity index (χ4n) is 2.87. The molecule has 7 heteroatoms. The molecule has 0 bridgehead atoms. The summed E-state index contributed by atoms with van der Waals surface area (Å²) >= 11 is 1.54. The maximum Gasteiger partial charge on any atom is 0.252 e. The first-order chi connectivity index (χ1) is 12.0. The summed E-state index contributed by atoms with van der Waals surface area (Å²) in [6.45, 7) is 7.76. The molecule has 1 unspecified atom stereocenters. The van der Waals surface area contributed by atoms with Gasteiger partial charge in [0.2, 0.25) is 0 Å². The molecule has 0 saturated carbocycles. The molecule has 2 heterocycles. The highest BCUT2D eigenvalue weighted by molar-refractivity contribution is 8.00. The zero-order chi connectivity index (χ0) is 17.8. The van der Waals surface area contributed by atoms with E-state index < -0.39 is 0 Å². The predicted molar refractivity (Wildman–Crippen MR) is 98.9 cm³/mol. The molecule has 2 aliphatic rings. The van der Waals surface area contributed by atoms with Gasteiger partial charge in [-0.25, -0.2) is 0 Å². The molecule has 1 saturated heterocycles. The molecule has 1 aromatic carbocycles. The van der Waals surface area contributed by atoms with Gasteiger partial charge in [-0.1, -0.05) is 25.6 Å². The largest absolute Gasteiger partial charge is 0.379 e. The van der Waals surface area contributed by atoms with Crippen molar-refractivity contribution in [2.45, 2.75) is 30.5 Å². The van der Waals surface area contributed by atoms with Crippen molar-refractivity contribution in [3.8, 4) is 0 Å². The van der Waals surface area contributed by atoms with Gasteiger partial charge >= 0.3 is 0 Å². The van der Waals surface area contributed by atoms with Crippen molar-refractivity contribution >= 4 is 29.3 Å². The minimum Gasteiger partial charge on any atom is -0.379 e. The molecule has 1 atom stereocenters. The highest BCUT2D eigenvalue weighted by Gasteiger charge is 2.33. The van der Waals surface area contributed by atoms with Gasteiger partial charge in [-0.2, -0.15) is 0 Å². The van der Waals surface area contributed by atoms with Crippen molar-refractivity contribution in [1.82, 2.24) is 10.2 Å². The lowest BCUT2D eigenvalue weighted by molar-refractivity contribution is -0.119. The van der Waals surface area contributed by atoms with Crippen LogP contribution in [-0.4, -0.2) is 54.9 Å². The van der Waals surface area contributed by atoms with Crippen LogP contribution in [0.5, 0.6) is 0 Å². The van der Waals surface area contributed by atoms with E-state index in [1.165, 1.54) is 0 Å². The van der Waals surface area contributed by atoms with Gasteiger partial charge in [0.25, 0.3) is 11.8 Å². The van der Waals surface area contributed by atoms with Crippen molar-refractivity contribution in [3.05, 3.63) is 23.8 Å². The second-order valence-electron chi connectivity index (χ2n) is 6.76. The van der Waals surface area contributed by atoms with E-state index in [9.17, 15) is 9.59 Å². The number of amides is 2. The molecule has 0 aliphatic carbocycles. The molecule has 0 spiro atoms. The molecular weight excluding hydrogens is 338 g/mol. The molecule has 25 heavy (non-hydrogen) atoms. The van der Waals surface area contributed by atoms with Crippen LogP contribution in [0.1, 0.15) is 30.6 Å². The summed E-state index contributed by atoms with van der Waals surface area (Å²) in [6, 6.07) is 5.51. The third kappa shape index (κ3) is 4.54. The van der Waals surface area contributed by atoms with Crippen LogP contribution in [-0.2, 0) is 9.53 Å². The molecule has 0 radical (unpaired) electrons. The van der Waals surface area contributed by atoms with E-state index in [2.05, 4.69) is 29.4 Å². The number of ether oxygens (including phenoxy) is 1. The minimum atomic E-state index is -0.234. The molecule has 2 amide bonds. The van der Waals surface area contributed by atoms with Gasteiger partial charge in [0.05, 0.1) is 18.9 Å². The average molecular weight is 363 g/mol. The van der Waals surface area contributed by atoms with Gasteiger partial charge < -0.3 is 15.4 Å². The van der Waals surface area contributed by atoms with E-state index in [0.29, 0.717) is 31.2 Å². The van der Waals surface area contributed by atoms with Crippen LogP contribution in [0.3, 0.4) is 0 Å². The van der Waals surface area contributed by atoms with E-state index in [4.69, 9.17) is 4.74 Å². The number of hydrogen-bond donors (Lipinski definition) is 2. The molecule has 0 aromatic heterocycles. The third-order valence-electron chi connectivity index (χ3n) is 4.35. The van der Waals surface area contributed by atoms with E-state index >= 15 is 0 Å². The summed E-state index contributed by atoms with van der Waals surface area (Å²) < 4.78 is 5.36. The second-order valence-corrected chi connectivity index (χ2v) is 7.88. The van der Waals surface area contributed by atoms with Gasteiger partial charge in [-0.3, -0.25) is 14.5 Å². The van der Waals surface area contributed by atoms with E-state index in [-0.39, 0.29) is 17.2 Å². The number of nitrogens with zero attached hydrogens (tertiary/aromatic N) is 1. The number of nitrogens with one attached hydrogen (secondary N) is 2. The van der Waals surface area contributed by atoms with Crippen molar-refractivity contribution in [2.24, 2.45) is 5.92 Å². The lowest BCUT2D eigenvalue weighted by atomic mass is 10.1. The monoisotopic (exact) mass is 363 g/mol. The molecule has 2 aliphatic heterocycles. The van der Waals surface area contributed by atoms with E-state index in [0.717, 1.165) is 30.1 Å². The topological polar surface area (TPSA) is 70.7 Å². The van der Waals surface area contributed by atoms with Crippen LogP contribution in [0.2, 0.25) is 0 Å². The Kier molecular flexibility index (Phi) is 5.98. The zero-order valence-corrected chi connectivity index (χ0v) is 15.5. The third-order valence-corrected chi connectivity index (χ3v) is 5.69. The maximum atomic E-state index is 12.5. The first kappa shape index (κ1) is 18.2. The molecule has 1 aromatic rings. The van der Waals surface area contributed by atoms with Crippen LogP contribution in [0.4, 0.5) is 5.69 Å². The number of morpholine rings is 1. The summed E-state index contributed by atoms with van der Waals surface area (Å²) in [5, 5.41) is 5.65.